The Hall–Kier alpha value is -1.29. The minimum absolute atomic E-state index is 0.0624. The predicted octanol–water partition coefficient (Wildman–Crippen LogP) is 3.19. The van der Waals surface area contributed by atoms with E-state index in [9.17, 15) is 9.18 Å². The molecule has 0 heterocycles. The van der Waals surface area contributed by atoms with Gasteiger partial charge in [0.1, 0.15) is 11.9 Å². The fraction of sp³-hybridized carbons (Fsp3) is 0.462. The number of hydrogen-bond donors (Lipinski definition) is 2. The van der Waals surface area contributed by atoms with Crippen molar-refractivity contribution in [1.29, 1.82) is 0 Å². The van der Waals surface area contributed by atoms with Gasteiger partial charge >= 0.3 is 0 Å². The Balaban J connectivity index is 2.66. The number of rotatable bonds is 3. The fourth-order valence-electron chi connectivity index (χ4n) is 1.38. The van der Waals surface area contributed by atoms with Crippen molar-refractivity contribution in [3.63, 3.8) is 0 Å². The van der Waals surface area contributed by atoms with Crippen LogP contribution in [-0.4, -0.2) is 17.5 Å². The van der Waals surface area contributed by atoms with Crippen molar-refractivity contribution in [2.75, 3.05) is 5.32 Å². The molecule has 1 unspecified atom stereocenters. The highest BCUT2D eigenvalue weighted by Gasteiger charge is 2.19. The summed E-state index contributed by atoms with van der Waals surface area (Å²) in [5.41, 5.74) is 0.228. The Labute approximate surface area is 112 Å². The normalized spacial score (nSPS) is 13.0. The third-order valence-corrected chi connectivity index (χ3v) is 2.50. The number of carbonyl (C=O) groups is 1. The monoisotopic (exact) mass is 272 g/mol. The van der Waals surface area contributed by atoms with E-state index in [-0.39, 0.29) is 16.5 Å². The van der Waals surface area contributed by atoms with Crippen LogP contribution in [0.4, 0.5) is 10.1 Å². The molecule has 1 aromatic carbocycles. The van der Waals surface area contributed by atoms with E-state index in [2.05, 4.69) is 10.6 Å². The summed E-state index contributed by atoms with van der Waals surface area (Å²) < 4.78 is 13.2. The van der Waals surface area contributed by atoms with Crippen molar-refractivity contribution in [2.45, 2.75) is 39.3 Å². The number of hydrogen-bond acceptors (Lipinski definition) is 2. The second-order valence-electron chi connectivity index (χ2n) is 5.23. The predicted molar refractivity (Wildman–Crippen MR) is 72.4 cm³/mol. The lowest BCUT2D eigenvalue weighted by molar-refractivity contribution is -0.122. The fourth-order valence-corrected chi connectivity index (χ4v) is 1.50. The molecule has 5 heteroatoms. The van der Waals surface area contributed by atoms with Gasteiger partial charge in [0.15, 0.2) is 0 Å². The van der Waals surface area contributed by atoms with E-state index in [1.807, 2.05) is 20.8 Å². The maximum atomic E-state index is 13.2. The van der Waals surface area contributed by atoms with Gasteiger partial charge in [-0.2, -0.15) is 0 Å². The molecule has 18 heavy (non-hydrogen) atoms. The lowest BCUT2D eigenvalue weighted by Crippen LogP contribution is -2.47. The molecule has 1 amide bonds. The molecule has 0 bridgehead atoms. The Morgan fingerprint density at radius 2 is 2.00 bits per heavy atom. The first kappa shape index (κ1) is 14.8. The van der Waals surface area contributed by atoms with Gasteiger partial charge in [-0.3, -0.25) is 4.79 Å². The van der Waals surface area contributed by atoms with Crippen LogP contribution in [0, 0.1) is 5.82 Å². The second kappa shape index (κ2) is 5.57. The summed E-state index contributed by atoms with van der Waals surface area (Å²) in [4.78, 5) is 11.8. The molecule has 0 spiro atoms. The lowest BCUT2D eigenvalue weighted by atomic mass is 10.1. The van der Waals surface area contributed by atoms with Gasteiger partial charge in [0.05, 0.1) is 5.02 Å². The molecule has 0 fully saturated rings. The minimum atomic E-state index is -0.509. The summed E-state index contributed by atoms with van der Waals surface area (Å²) in [5.74, 6) is -0.650. The molecule has 0 saturated carbocycles. The van der Waals surface area contributed by atoms with Crippen molar-refractivity contribution in [3.8, 4) is 0 Å². The first-order valence-corrected chi connectivity index (χ1v) is 6.10. The van der Waals surface area contributed by atoms with Crippen LogP contribution >= 0.6 is 11.6 Å². The number of nitrogens with one attached hydrogen (secondary N) is 2. The molecule has 0 radical (unpaired) electrons. The minimum Gasteiger partial charge on any atom is -0.374 e. The number of halogens is 2. The molecule has 3 nitrogen and oxygen atoms in total. The van der Waals surface area contributed by atoms with E-state index in [0.29, 0.717) is 5.69 Å². The summed E-state index contributed by atoms with van der Waals surface area (Å²) in [7, 11) is 0. The van der Waals surface area contributed by atoms with Crippen molar-refractivity contribution in [1.82, 2.24) is 5.32 Å². The average Bonchev–Trinajstić information content (AvgIpc) is 2.21. The first-order valence-electron chi connectivity index (χ1n) is 5.72. The first-order chi connectivity index (χ1) is 8.19. The summed E-state index contributed by atoms with van der Waals surface area (Å²) >= 11 is 5.58. The topological polar surface area (TPSA) is 41.1 Å². The van der Waals surface area contributed by atoms with Gasteiger partial charge < -0.3 is 10.6 Å². The highest BCUT2D eigenvalue weighted by atomic mass is 35.5. The number of carbonyl (C=O) groups excluding carboxylic acids is 1. The molecule has 0 aliphatic carbocycles. The van der Waals surface area contributed by atoms with Gasteiger partial charge in [0, 0.05) is 11.2 Å². The maximum Gasteiger partial charge on any atom is 0.242 e. The zero-order valence-electron chi connectivity index (χ0n) is 11.0. The van der Waals surface area contributed by atoms with Crippen LogP contribution < -0.4 is 10.6 Å². The molecule has 0 aliphatic rings. The van der Waals surface area contributed by atoms with E-state index in [1.165, 1.54) is 12.1 Å². The highest BCUT2D eigenvalue weighted by Crippen LogP contribution is 2.19. The molecule has 0 aliphatic heterocycles. The number of anilines is 1. The summed E-state index contributed by atoms with van der Waals surface area (Å²) in [6.07, 6.45) is 0. The van der Waals surface area contributed by atoms with E-state index in [0.717, 1.165) is 0 Å². The number of amides is 1. The van der Waals surface area contributed by atoms with E-state index >= 15 is 0 Å². The van der Waals surface area contributed by atoms with E-state index < -0.39 is 11.9 Å². The van der Waals surface area contributed by atoms with Crippen LogP contribution in [0.5, 0.6) is 0 Å². The van der Waals surface area contributed by atoms with Crippen LogP contribution in [0.1, 0.15) is 27.7 Å². The van der Waals surface area contributed by atoms with Crippen molar-refractivity contribution in [3.05, 3.63) is 29.0 Å². The van der Waals surface area contributed by atoms with Crippen LogP contribution in [0.15, 0.2) is 18.2 Å². The zero-order chi connectivity index (χ0) is 13.9. The summed E-state index contributed by atoms with van der Waals surface area (Å²) in [6, 6.07) is 3.90. The van der Waals surface area contributed by atoms with Gasteiger partial charge in [-0.05, 0) is 45.9 Å². The quantitative estimate of drug-likeness (QED) is 0.887. The Morgan fingerprint density at radius 1 is 1.39 bits per heavy atom. The maximum absolute atomic E-state index is 13.2. The van der Waals surface area contributed by atoms with Crippen molar-refractivity contribution in [2.24, 2.45) is 0 Å². The van der Waals surface area contributed by atoms with Crippen molar-refractivity contribution < 1.29 is 9.18 Å². The van der Waals surface area contributed by atoms with Gasteiger partial charge in [0.25, 0.3) is 0 Å². The van der Waals surface area contributed by atoms with Gasteiger partial charge in [-0.25, -0.2) is 4.39 Å². The second-order valence-corrected chi connectivity index (χ2v) is 5.64. The Bertz CT molecular complexity index is 443. The Morgan fingerprint density at radius 3 is 2.50 bits per heavy atom. The lowest BCUT2D eigenvalue weighted by Gasteiger charge is -2.24. The largest absolute Gasteiger partial charge is 0.374 e. The molecular weight excluding hydrogens is 255 g/mol. The molecule has 100 valence electrons. The summed E-state index contributed by atoms with van der Waals surface area (Å²) in [5, 5.41) is 5.83. The smallest absolute Gasteiger partial charge is 0.242 e. The molecule has 0 saturated heterocycles. The standard InChI is InChI=1S/C13H18ClFN2O/c1-8(12(18)17-13(2,3)4)16-9-5-6-10(14)11(15)7-9/h5-8,16H,1-4H3,(H,17,18). The van der Waals surface area contributed by atoms with Crippen LogP contribution in [0.2, 0.25) is 5.02 Å². The zero-order valence-corrected chi connectivity index (χ0v) is 11.7. The summed E-state index contributed by atoms with van der Waals surface area (Å²) in [6.45, 7) is 7.42. The van der Waals surface area contributed by atoms with Gasteiger partial charge in [0.2, 0.25) is 5.91 Å². The van der Waals surface area contributed by atoms with Gasteiger partial charge in [-0.15, -0.1) is 0 Å². The number of benzene rings is 1. The molecule has 1 atom stereocenters. The molecular formula is C13H18ClFN2O. The van der Waals surface area contributed by atoms with E-state index in [1.54, 1.807) is 13.0 Å². The van der Waals surface area contributed by atoms with Crippen LogP contribution in [0.3, 0.4) is 0 Å². The molecule has 2 N–H and O–H groups in total. The molecule has 1 rings (SSSR count). The average molecular weight is 273 g/mol. The Kier molecular flexibility index (Phi) is 4.57. The third kappa shape index (κ3) is 4.53. The van der Waals surface area contributed by atoms with Crippen LogP contribution in [0.25, 0.3) is 0 Å². The molecule has 0 aromatic heterocycles. The van der Waals surface area contributed by atoms with Crippen LogP contribution in [-0.2, 0) is 4.79 Å². The highest BCUT2D eigenvalue weighted by molar-refractivity contribution is 6.30. The SMILES string of the molecule is CC(Nc1ccc(Cl)c(F)c1)C(=O)NC(C)(C)C. The third-order valence-electron chi connectivity index (χ3n) is 2.19. The molecule has 1 aromatic rings. The van der Waals surface area contributed by atoms with E-state index in [4.69, 9.17) is 11.6 Å². The van der Waals surface area contributed by atoms with Crippen molar-refractivity contribution >= 4 is 23.2 Å². The van der Waals surface area contributed by atoms with Gasteiger partial charge in [-0.1, -0.05) is 11.6 Å².